The number of piperazine rings is 1. The lowest BCUT2D eigenvalue weighted by Crippen LogP contribution is -2.48. The first kappa shape index (κ1) is 18.7. The number of rotatable bonds is 6. The second-order valence-corrected chi connectivity index (χ2v) is 8.25. The molecular formula is C22H25N3O2S. The number of benzene rings is 2. The molecule has 2 aromatic carbocycles. The quantitative estimate of drug-likeness (QED) is 0.640. The second kappa shape index (κ2) is 8.61. The molecule has 28 heavy (non-hydrogen) atoms. The number of hydrogen-bond acceptors (Lipinski definition) is 5. The van der Waals surface area contributed by atoms with E-state index in [2.05, 4.69) is 16.0 Å². The minimum absolute atomic E-state index is 0.237. The summed E-state index contributed by atoms with van der Waals surface area (Å²) in [4.78, 5) is 21.3. The van der Waals surface area contributed by atoms with E-state index in [9.17, 15) is 9.90 Å². The van der Waals surface area contributed by atoms with Crippen LogP contribution < -0.4 is 4.90 Å². The molecular weight excluding hydrogens is 370 g/mol. The molecule has 0 radical (unpaired) electrons. The summed E-state index contributed by atoms with van der Waals surface area (Å²) in [5, 5.41) is 11.2. The molecule has 146 valence electrons. The van der Waals surface area contributed by atoms with Gasteiger partial charge >= 0.3 is 0 Å². The topological polar surface area (TPSA) is 56.7 Å². The lowest BCUT2D eigenvalue weighted by molar-refractivity contribution is -0.131. The fourth-order valence-electron chi connectivity index (χ4n) is 3.67. The van der Waals surface area contributed by atoms with Crippen LogP contribution in [0.25, 0.3) is 10.2 Å². The molecule has 1 aliphatic rings. The molecule has 0 bridgehead atoms. The molecule has 0 atom stereocenters. The average molecular weight is 396 g/mol. The Labute approximate surface area is 169 Å². The van der Waals surface area contributed by atoms with E-state index in [-0.39, 0.29) is 5.91 Å². The van der Waals surface area contributed by atoms with Crippen LogP contribution in [0.1, 0.15) is 24.3 Å². The summed E-state index contributed by atoms with van der Waals surface area (Å²) in [5.41, 5.74) is 1.92. The molecule has 1 aliphatic heterocycles. The third-order valence-electron chi connectivity index (χ3n) is 5.22. The Balaban J connectivity index is 1.20. The molecule has 1 saturated heterocycles. The first-order valence-corrected chi connectivity index (χ1v) is 10.7. The Morgan fingerprint density at radius 1 is 1.00 bits per heavy atom. The first-order chi connectivity index (χ1) is 13.7. The molecule has 0 unspecified atom stereocenters. The van der Waals surface area contributed by atoms with Crippen molar-refractivity contribution in [2.75, 3.05) is 31.1 Å². The summed E-state index contributed by atoms with van der Waals surface area (Å²) in [6.45, 7) is 2.94. The van der Waals surface area contributed by atoms with Gasteiger partial charge in [0.2, 0.25) is 5.91 Å². The van der Waals surface area contributed by atoms with Crippen LogP contribution in [0.5, 0.6) is 5.75 Å². The molecule has 4 rings (SSSR count). The number of amides is 1. The van der Waals surface area contributed by atoms with Crippen LogP contribution in [0.4, 0.5) is 5.69 Å². The predicted octanol–water partition coefficient (Wildman–Crippen LogP) is 4.06. The normalized spacial score (nSPS) is 14.6. The number of nitrogens with zero attached hydrogens (tertiary/aromatic N) is 3. The number of unbranched alkanes of at least 4 members (excludes halogenated alkanes) is 1. The zero-order valence-electron chi connectivity index (χ0n) is 15.9. The highest BCUT2D eigenvalue weighted by Crippen LogP contribution is 2.27. The van der Waals surface area contributed by atoms with Crippen LogP contribution in [0.2, 0.25) is 0 Å². The van der Waals surface area contributed by atoms with Crippen molar-refractivity contribution in [3.8, 4) is 5.75 Å². The van der Waals surface area contributed by atoms with E-state index in [0.717, 1.165) is 48.6 Å². The highest BCUT2D eigenvalue weighted by molar-refractivity contribution is 7.18. The molecule has 1 fully saturated rings. The molecule has 3 aromatic rings. The summed E-state index contributed by atoms with van der Waals surface area (Å²) in [6.07, 6.45) is 3.42. The van der Waals surface area contributed by atoms with Gasteiger partial charge in [0.05, 0.1) is 20.9 Å². The van der Waals surface area contributed by atoms with Crippen molar-refractivity contribution in [2.24, 2.45) is 0 Å². The number of hydrogen-bond donors (Lipinski definition) is 1. The number of para-hydroxylation sites is 3. The van der Waals surface area contributed by atoms with Crippen molar-refractivity contribution in [1.29, 1.82) is 0 Å². The fraction of sp³-hybridized carbons (Fsp3) is 0.364. The summed E-state index contributed by atoms with van der Waals surface area (Å²) in [5.74, 6) is 0.540. The van der Waals surface area contributed by atoms with Crippen LogP contribution >= 0.6 is 11.3 Å². The van der Waals surface area contributed by atoms with Crippen molar-refractivity contribution < 1.29 is 9.90 Å². The average Bonchev–Trinajstić information content (AvgIpc) is 3.14. The van der Waals surface area contributed by atoms with Gasteiger partial charge in [-0.15, -0.1) is 11.3 Å². The monoisotopic (exact) mass is 395 g/mol. The van der Waals surface area contributed by atoms with Crippen molar-refractivity contribution in [3.05, 3.63) is 53.5 Å². The van der Waals surface area contributed by atoms with Crippen molar-refractivity contribution in [2.45, 2.75) is 25.7 Å². The summed E-state index contributed by atoms with van der Waals surface area (Å²) < 4.78 is 1.23. The number of thiazole rings is 1. The number of phenolic OH excluding ortho intramolecular Hbond substituents is 1. The second-order valence-electron chi connectivity index (χ2n) is 7.14. The molecule has 5 nitrogen and oxygen atoms in total. The van der Waals surface area contributed by atoms with Gasteiger partial charge in [-0.25, -0.2) is 4.98 Å². The van der Waals surface area contributed by atoms with Crippen LogP contribution in [0, 0.1) is 0 Å². The lowest BCUT2D eigenvalue weighted by atomic mass is 10.1. The number of carbonyl (C=O) groups is 1. The zero-order chi connectivity index (χ0) is 19.3. The van der Waals surface area contributed by atoms with E-state index in [1.165, 1.54) is 4.70 Å². The predicted molar refractivity (Wildman–Crippen MR) is 114 cm³/mol. The number of phenols is 1. The number of aromatic hydroxyl groups is 1. The van der Waals surface area contributed by atoms with Gasteiger partial charge in [-0.05, 0) is 43.5 Å². The van der Waals surface area contributed by atoms with E-state index >= 15 is 0 Å². The van der Waals surface area contributed by atoms with Gasteiger partial charge in [0.15, 0.2) is 0 Å². The standard InChI is InChI=1S/C22H25N3O2S/c26-19-9-3-2-8-18(19)24-13-15-25(16-14-24)22(27)12-6-5-11-21-23-17-7-1-4-10-20(17)28-21/h1-4,7-10,26H,5-6,11-16H2. The fourth-order valence-corrected chi connectivity index (χ4v) is 4.67. The van der Waals surface area contributed by atoms with Crippen LogP contribution in [-0.4, -0.2) is 47.1 Å². The molecule has 6 heteroatoms. The van der Waals surface area contributed by atoms with E-state index in [0.29, 0.717) is 25.3 Å². The number of anilines is 1. The van der Waals surface area contributed by atoms with Crippen molar-refractivity contribution in [1.82, 2.24) is 9.88 Å². The third-order valence-corrected chi connectivity index (χ3v) is 6.32. The summed E-state index contributed by atoms with van der Waals surface area (Å²) >= 11 is 1.75. The highest BCUT2D eigenvalue weighted by atomic mass is 32.1. The van der Waals surface area contributed by atoms with E-state index in [1.54, 1.807) is 17.4 Å². The molecule has 1 amide bonds. The number of aromatic nitrogens is 1. The van der Waals surface area contributed by atoms with Crippen LogP contribution in [-0.2, 0) is 11.2 Å². The zero-order valence-corrected chi connectivity index (χ0v) is 16.7. The smallest absolute Gasteiger partial charge is 0.222 e. The minimum atomic E-state index is 0.237. The maximum Gasteiger partial charge on any atom is 0.222 e. The van der Waals surface area contributed by atoms with Crippen molar-refractivity contribution in [3.63, 3.8) is 0 Å². The number of aryl methyl sites for hydroxylation is 1. The maximum absolute atomic E-state index is 12.5. The Hall–Kier alpha value is -2.60. The molecule has 1 aromatic heterocycles. The minimum Gasteiger partial charge on any atom is -0.506 e. The maximum atomic E-state index is 12.5. The molecule has 1 N–H and O–H groups in total. The van der Waals surface area contributed by atoms with Gasteiger partial charge < -0.3 is 14.9 Å². The molecule has 0 spiro atoms. The van der Waals surface area contributed by atoms with E-state index < -0.39 is 0 Å². The van der Waals surface area contributed by atoms with Gasteiger partial charge in [0.25, 0.3) is 0 Å². The molecule has 0 saturated carbocycles. The highest BCUT2D eigenvalue weighted by Gasteiger charge is 2.22. The van der Waals surface area contributed by atoms with Gasteiger partial charge in [0, 0.05) is 32.6 Å². The summed E-state index contributed by atoms with van der Waals surface area (Å²) in [7, 11) is 0. The van der Waals surface area contributed by atoms with Crippen molar-refractivity contribution >= 4 is 33.1 Å². The van der Waals surface area contributed by atoms with Gasteiger partial charge in [-0.3, -0.25) is 4.79 Å². The first-order valence-electron chi connectivity index (χ1n) is 9.86. The number of carbonyl (C=O) groups excluding carboxylic acids is 1. The van der Waals surface area contributed by atoms with Crippen LogP contribution in [0.3, 0.4) is 0 Å². The summed E-state index contributed by atoms with van der Waals surface area (Å²) in [6, 6.07) is 15.6. The third kappa shape index (κ3) is 4.28. The molecule has 2 heterocycles. The molecule has 0 aliphatic carbocycles. The Morgan fingerprint density at radius 3 is 2.54 bits per heavy atom. The largest absolute Gasteiger partial charge is 0.506 e. The van der Waals surface area contributed by atoms with Gasteiger partial charge in [-0.1, -0.05) is 24.3 Å². The SMILES string of the molecule is O=C(CCCCc1nc2ccccc2s1)N1CCN(c2ccccc2O)CC1. The van der Waals surface area contributed by atoms with Crippen LogP contribution in [0.15, 0.2) is 48.5 Å². The Bertz CT molecular complexity index is 915. The van der Waals surface area contributed by atoms with E-state index in [4.69, 9.17) is 0 Å². The van der Waals surface area contributed by atoms with E-state index in [1.807, 2.05) is 41.3 Å². The Kier molecular flexibility index (Phi) is 5.76. The lowest BCUT2D eigenvalue weighted by Gasteiger charge is -2.36. The number of fused-ring (bicyclic) bond motifs is 1. The van der Waals surface area contributed by atoms with Gasteiger partial charge in [-0.2, -0.15) is 0 Å². The Morgan fingerprint density at radius 2 is 1.75 bits per heavy atom. The van der Waals surface area contributed by atoms with Gasteiger partial charge in [0.1, 0.15) is 5.75 Å².